The van der Waals surface area contributed by atoms with Gasteiger partial charge in [-0.2, -0.15) is 0 Å². The average molecular weight is 374 g/mol. The zero-order valence-corrected chi connectivity index (χ0v) is 17.2. The Morgan fingerprint density at radius 3 is 2.44 bits per heavy atom. The van der Waals surface area contributed by atoms with Gasteiger partial charge in [-0.3, -0.25) is 0 Å². The summed E-state index contributed by atoms with van der Waals surface area (Å²) in [6, 6.07) is 13.0. The molecule has 4 aromatic rings. The predicted octanol–water partition coefficient (Wildman–Crippen LogP) is 6.64. The number of nitrogens with one attached hydrogen (secondary N) is 1. The highest BCUT2D eigenvalue weighted by molar-refractivity contribution is 7.19. The molecule has 0 atom stereocenters. The van der Waals surface area contributed by atoms with Crippen LogP contribution >= 0.6 is 11.3 Å². The number of hydrogen-bond acceptors (Lipinski definition) is 4. The molecule has 0 fully saturated rings. The van der Waals surface area contributed by atoms with E-state index in [4.69, 9.17) is 0 Å². The van der Waals surface area contributed by atoms with E-state index in [1.807, 2.05) is 0 Å². The van der Waals surface area contributed by atoms with Crippen LogP contribution in [0, 0.1) is 34.6 Å². The van der Waals surface area contributed by atoms with E-state index < -0.39 is 0 Å². The molecule has 0 spiro atoms. The number of thiophene rings is 1. The van der Waals surface area contributed by atoms with Gasteiger partial charge >= 0.3 is 0 Å². The van der Waals surface area contributed by atoms with Crippen molar-refractivity contribution in [2.75, 3.05) is 5.32 Å². The second-order valence-electron chi connectivity index (χ2n) is 7.11. The van der Waals surface area contributed by atoms with Crippen LogP contribution in [0.4, 0.5) is 11.5 Å². The normalized spacial score (nSPS) is 11.1. The van der Waals surface area contributed by atoms with E-state index in [-0.39, 0.29) is 0 Å². The number of anilines is 2. The number of nitrogens with zero attached hydrogens (tertiary/aromatic N) is 2. The van der Waals surface area contributed by atoms with E-state index in [9.17, 15) is 0 Å². The Labute approximate surface area is 164 Å². The van der Waals surface area contributed by atoms with E-state index in [0.29, 0.717) is 0 Å². The van der Waals surface area contributed by atoms with Gasteiger partial charge in [0.15, 0.2) is 0 Å². The minimum atomic E-state index is 0.867. The summed E-state index contributed by atoms with van der Waals surface area (Å²) < 4.78 is 0. The molecule has 3 nitrogen and oxygen atoms in total. The summed E-state index contributed by atoms with van der Waals surface area (Å²) in [5, 5.41) is 4.66. The molecular weight excluding hydrogens is 350 g/mol. The minimum absolute atomic E-state index is 0.867. The highest BCUT2D eigenvalue weighted by Crippen LogP contribution is 2.41. The summed E-state index contributed by atoms with van der Waals surface area (Å²) in [7, 11) is 0. The van der Waals surface area contributed by atoms with Gasteiger partial charge in [-0.15, -0.1) is 11.3 Å². The van der Waals surface area contributed by atoms with Crippen LogP contribution in [0.2, 0.25) is 0 Å². The first-order chi connectivity index (χ1) is 13.0. The molecule has 4 rings (SSSR count). The molecule has 0 saturated carbocycles. The van der Waals surface area contributed by atoms with Gasteiger partial charge in [-0.05, 0) is 68.5 Å². The quantitative estimate of drug-likeness (QED) is 0.437. The fourth-order valence-electron chi connectivity index (χ4n) is 3.40. The Bertz CT molecular complexity index is 1160. The molecule has 27 heavy (non-hydrogen) atoms. The van der Waals surface area contributed by atoms with Gasteiger partial charge in [0.25, 0.3) is 0 Å². The second kappa shape index (κ2) is 6.78. The minimum Gasteiger partial charge on any atom is -0.339 e. The third kappa shape index (κ3) is 3.10. The highest BCUT2D eigenvalue weighted by atomic mass is 32.1. The van der Waals surface area contributed by atoms with E-state index in [2.05, 4.69) is 86.3 Å². The van der Waals surface area contributed by atoms with Crippen molar-refractivity contribution in [2.24, 2.45) is 0 Å². The van der Waals surface area contributed by atoms with E-state index in [1.165, 1.54) is 38.3 Å². The van der Waals surface area contributed by atoms with Crippen LogP contribution in [0.25, 0.3) is 21.3 Å². The molecule has 136 valence electrons. The number of fused-ring (bicyclic) bond motifs is 1. The molecule has 0 bridgehead atoms. The smallest absolute Gasteiger partial charge is 0.143 e. The number of benzene rings is 2. The van der Waals surface area contributed by atoms with Crippen molar-refractivity contribution in [3.8, 4) is 11.1 Å². The molecule has 1 N–H and O–H groups in total. The van der Waals surface area contributed by atoms with Crippen LogP contribution in [-0.4, -0.2) is 9.97 Å². The summed E-state index contributed by atoms with van der Waals surface area (Å²) in [5.41, 5.74) is 8.65. The Balaban J connectivity index is 1.92. The lowest BCUT2D eigenvalue weighted by molar-refractivity contribution is 1.22. The van der Waals surface area contributed by atoms with E-state index >= 15 is 0 Å². The topological polar surface area (TPSA) is 37.8 Å². The van der Waals surface area contributed by atoms with Crippen molar-refractivity contribution in [3.63, 3.8) is 0 Å². The molecule has 0 unspecified atom stereocenters. The average Bonchev–Trinajstić information content (AvgIpc) is 2.98. The standard InChI is InChI=1S/C23H23N3S/c1-13-9-10-18(11-15(13)3)20-17(5)27-23-21(20)22(24-12-25-23)26-19-8-6-7-14(2)16(19)4/h6-12H,1-5H3,(H,24,25,26). The highest BCUT2D eigenvalue weighted by Gasteiger charge is 2.17. The summed E-state index contributed by atoms with van der Waals surface area (Å²) in [6.45, 7) is 10.7. The molecule has 0 aliphatic rings. The first-order valence-corrected chi connectivity index (χ1v) is 9.92. The number of aryl methyl sites for hydroxylation is 4. The molecule has 2 aromatic heterocycles. The molecular formula is C23H23N3S. The lowest BCUT2D eigenvalue weighted by atomic mass is 9.99. The van der Waals surface area contributed by atoms with Gasteiger partial charge in [-0.1, -0.05) is 30.3 Å². The largest absolute Gasteiger partial charge is 0.339 e. The Kier molecular flexibility index (Phi) is 4.44. The first-order valence-electron chi connectivity index (χ1n) is 9.10. The predicted molar refractivity (Wildman–Crippen MR) is 116 cm³/mol. The molecule has 0 aliphatic carbocycles. The maximum absolute atomic E-state index is 4.60. The fourth-order valence-corrected chi connectivity index (χ4v) is 4.41. The molecule has 4 heteroatoms. The van der Waals surface area contributed by atoms with Gasteiger partial charge in [-0.25, -0.2) is 9.97 Å². The van der Waals surface area contributed by atoms with E-state index in [0.717, 1.165) is 21.7 Å². The molecule has 0 amide bonds. The van der Waals surface area contributed by atoms with Gasteiger partial charge in [0, 0.05) is 16.1 Å². The van der Waals surface area contributed by atoms with Crippen molar-refractivity contribution in [1.29, 1.82) is 0 Å². The lowest BCUT2D eigenvalue weighted by Gasteiger charge is -2.13. The van der Waals surface area contributed by atoms with Crippen molar-refractivity contribution in [1.82, 2.24) is 9.97 Å². The third-order valence-corrected chi connectivity index (χ3v) is 6.33. The Hall–Kier alpha value is -2.72. The van der Waals surface area contributed by atoms with Crippen molar-refractivity contribution in [3.05, 3.63) is 69.9 Å². The lowest BCUT2D eigenvalue weighted by Crippen LogP contribution is -1.98. The second-order valence-corrected chi connectivity index (χ2v) is 8.31. The Morgan fingerprint density at radius 1 is 0.852 bits per heavy atom. The van der Waals surface area contributed by atoms with Crippen LogP contribution in [-0.2, 0) is 0 Å². The zero-order chi connectivity index (χ0) is 19.1. The molecule has 0 aliphatic heterocycles. The maximum Gasteiger partial charge on any atom is 0.143 e. The molecule has 2 heterocycles. The first kappa shape index (κ1) is 17.7. The van der Waals surface area contributed by atoms with Crippen LogP contribution in [0.3, 0.4) is 0 Å². The molecule has 0 radical (unpaired) electrons. The summed E-state index contributed by atoms with van der Waals surface area (Å²) in [6.07, 6.45) is 1.65. The van der Waals surface area contributed by atoms with E-state index in [1.54, 1.807) is 17.7 Å². The number of rotatable bonds is 3. The SMILES string of the molecule is Cc1ccc(-c2c(C)sc3ncnc(Nc4cccc(C)c4C)c23)cc1C. The van der Waals surface area contributed by atoms with Crippen LogP contribution < -0.4 is 5.32 Å². The van der Waals surface area contributed by atoms with Crippen LogP contribution in [0.1, 0.15) is 27.1 Å². The molecule has 2 aromatic carbocycles. The monoisotopic (exact) mass is 373 g/mol. The van der Waals surface area contributed by atoms with Gasteiger partial charge < -0.3 is 5.32 Å². The number of aromatic nitrogens is 2. The third-order valence-electron chi connectivity index (χ3n) is 5.32. The summed E-state index contributed by atoms with van der Waals surface area (Å²) in [5.74, 6) is 0.867. The van der Waals surface area contributed by atoms with Gasteiger partial charge in [0.1, 0.15) is 17.0 Å². The Morgan fingerprint density at radius 2 is 1.67 bits per heavy atom. The van der Waals surface area contributed by atoms with Gasteiger partial charge in [0.2, 0.25) is 0 Å². The van der Waals surface area contributed by atoms with Crippen molar-refractivity contribution in [2.45, 2.75) is 34.6 Å². The zero-order valence-electron chi connectivity index (χ0n) is 16.3. The van der Waals surface area contributed by atoms with Gasteiger partial charge in [0.05, 0.1) is 5.39 Å². The molecule has 0 saturated heterocycles. The van der Waals surface area contributed by atoms with Crippen molar-refractivity contribution < 1.29 is 0 Å². The van der Waals surface area contributed by atoms with Crippen LogP contribution in [0.15, 0.2) is 42.7 Å². The summed E-state index contributed by atoms with van der Waals surface area (Å²) >= 11 is 1.72. The number of hydrogen-bond donors (Lipinski definition) is 1. The maximum atomic E-state index is 4.60. The van der Waals surface area contributed by atoms with Crippen LogP contribution in [0.5, 0.6) is 0 Å². The summed E-state index contributed by atoms with van der Waals surface area (Å²) in [4.78, 5) is 11.4. The van der Waals surface area contributed by atoms with Crippen molar-refractivity contribution >= 4 is 33.1 Å². The fraction of sp³-hybridized carbons (Fsp3) is 0.217.